The van der Waals surface area contributed by atoms with Crippen LogP contribution in [0.25, 0.3) is 0 Å². The van der Waals surface area contributed by atoms with E-state index in [2.05, 4.69) is 39.7 Å². The van der Waals surface area contributed by atoms with Crippen LogP contribution in [-0.2, 0) is 6.42 Å². The second-order valence-electron chi connectivity index (χ2n) is 5.10. The summed E-state index contributed by atoms with van der Waals surface area (Å²) in [5, 5.41) is 7.54. The summed E-state index contributed by atoms with van der Waals surface area (Å²) in [5.74, 6) is 1.93. The monoisotopic (exact) mass is 241 g/mol. The highest BCUT2D eigenvalue weighted by atomic mass is 16.5. The van der Waals surface area contributed by atoms with E-state index in [1.807, 2.05) is 0 Å². The van der Waals surface area contributed by atoms with Crippen molar-refractivity contribution in [3.63, 3.8) is 0 Å². The molecule has 1 aliphatic heterocycles. The summed E-state index contributed by atoms with van der Waals surface area (Å²) >= 11 is 0. The van der Waals surface area contributed by atoms with E-state index < -0.39 is 0 Å². The molecule has 2 aliphatic rings. The Morgan fingerprint density at radius 1 is 1.28 bits per heavy atom. The van der Waals surface area contributed by atoms with E-state index in [1.165, 1.54) is 17.5 Å². The smallest absolute Gasteiger partial charge is 0.243 e. The fourth-order valence-corrected chi connectivity index (χ4v) is 2.91. The molecule has 0 radical (unpaired) electrons. The predicted octanol–water partition coefficient (Wildman–Crippen LogP) is 2.18. The molecule has 2 aromatic rings. The zero-order chi connectivity index (χ0) is 11.9. The van der Waals surface area contributed by atoms with Gasteiger partial charge in [0.15, 0.2) is 5.82 Å². The van der Waals surface area contributed by atoms with Crippen molar-refractivity contribution < 1.29 is 4.52 Å². The van der Waals surface area contributed by atoms with Gasteiger partial charge in [-0.2, -0.15) is 4.98 Å². The zero-order valence-electron chi connectivity index (χ0n) is 10.1. The second-order valence-corrected chi connectivity index (χ2v) is 5.10. The van der Waals surface area contributed by atoms with Crippen molar-refractivity contribution in [3.05, 3.63) is 47.1 Å². The molecule has 92 valence electrons. The summed E-state index contributed by atoms with van der Waals surface area (Å²) in [4.78, 5) is 4.57. The first-order valence-electron chi connectivity index (χ1n) is 6.56. The van der Waals surface area contributed by atoms with Crippen molar-refractivity contribution in [2.24, 2.45) is 0 Å². The van der Waals surface area contributed by atoms with E-state index in [4.69, 9.17) is 4.52 Å². The fraction of sp³-hybridized carbons (Fsp3) is 0.429. The van der Waals surface area contributed by atoms with Crippen molar-refractivity contribution in [2.45, 2.75) is 31.2 Å². The first kappa shape index (κ1) is 10.3. The average molecular weight is 241 g/mol. The summed E-state index contributed by atoms with van der Waals surface area (Å²) in [7, 11) is 0. The highest BCUT2D eigenvalue weighted by Crippen LogP contribution is 2.38. The standard InChI is InChI=1S/C14H15N3O/c1-2-5-10-9(4-1)8-11(10)13-16-14(18-17-13)12-6-3-7-15-12/h1-2,4-5,11-12,15H,3,6-8H2/t11?,12-/m0/s1. The molecule has 1 unspecified atom stereocenters. The van der Waals surface area contributed by atoms with Crippen molar-refractivity contribution in [3.8, 4) is 0 Å². The second kappa shape index (κ2) is 3.92. The molecule has 0 bridgehead atoms. The van der Waals surface area contributed by atoms with Gasteiger partial charge in [-0.05, 0) is 36.9 Å². The summed E-state index contributed by atoms with van der Waals surface area (Å²) in [5.41, 5.74) is 2.76. The third-order valence-corrected chi connectivity index (χ3v) is 3.98. The molecule has 2 atom stereocenters. The van der Waals surface area contributed by atoms with Gasteiger partial charge < -0.3 is 9.84 Å². The summed E-state index contributed by atoms with van der Waals surface area (Å²) in [6.07, 6.45) is 3.32. The zero-order valence-corrected chi connectivity index (χ0v) is 10.1. The Hall–Kier alpha value is -1.68. The van der Waals surface area contributed by atoms with Crippen LogP contribution in [0.15, 0.2) is 28.8 Å². The first-order chi connectivity index (χ1) is 8.92. The number of benzene rings is 1. The molecule has 0 amide bonds. The van der Waals surface area contributed by atoms with Crippen LogP contribution in [0, 0.1) is 0 Å². The molecule has 1 aliphatic carbocycles. The number of hydrogen-bond donors (Lipinski definition) is 1. The Kier molecular flexibility index (Phi) is 2.23. The van der Waals surface area contributed by atoms with Crippen LogP contribution in [0.3, 0.4) is 0 Å². The van der Waals surface area contributed by atoms with Crippen LogP contribution < -0.4 is 5.32 Å². The predicted molar refractivity (Wildman–Crippen MR) is 66.3 cm³/mol. The molecule has 4 rings (SSSR count). The topological polar surface area (TPSA) is 51.0 Å². The number of aromatic nitrogens is 2. The minimum atomic E-state index is 0.265. The quantitative estimate of drug-likeness (QED) is 0.875. The average Bonchev–Trinajstić information content (AvgIpc) is 3.00. The highest BCUT2D eigenvalue weighted by Gasteiger charge is 2.32. The van der Waals surface area contributed by atoms with Gasteiger partial charge >= 0.3 is 0 Å². The molecule has 4 nitrogen and oxygen atoms in total. The van der Waals surface area contributed by atoms with Crippen LogP contribution in [0.4, 0.5) is 0 Å². The van der Waals surface area contributed by atoms with E-state index in [0.29, 0.717) is 5.92 Å². The van der Waals surface area contributed by atoms with Gasteiger partial charge in [0, 0.05) is 0 Å². The Balaban J connectivity index is 1.60. The maximum absolute atomic E-state index is 5.40. The minimum absolute atomic E-state index is 0.265. The van der Waals surface area contributed by atoms with Crippen molar-refractivity contribution in [1.82, 2.24) is 15.5 Å². The van der Waals surface area contributed by atoms with Gasteiger partial charge in [0.2, 0.25) is 5.89 Å². The van der Waals surface area contributed by atoms with Crippen LogP contribution >= 0.6 is 0 Å². The van der Waals surface area contributed by atoms with Gasteiger partial charge in [0.1, 0.15) is 0 Å². The van der Waals surface area contributed by atoms with Crippen molar-refractivity contribution in [2.75, 3.05) is 6.54 Å². The molecular formula is C14H15N3O. The lowest BCUT2D eigenvalue weighted by Gasteiger charge is -2.27. The van der Waals surface area contributed by atoms with Crippen LogP contribution in [0.5, 0.6) is 0 Å². The minimum Gasteiger partial charge on any atom is -0.338 e. The van der Waals surface area contributed by atoms with E-state index >= 15 is 0 Å². The molecule has 18 heavy (non-hydrogen) atoms. The molecule has 4 heteroatoms. The molecule has 1 N–H and O–H groups in total. The molecule has 1 saturated heterocycles. The largest absolute Gasteiger partial charge is 0.338 e. The van der Waals surface area contributed by atoms with Crippen LogP contribution in [0.1, 0.15) is 47.6 Å². The van der Waals surface area contributed by atoms with Gasteiger partial charge in [-0.1, -0.05) is 29.4 Å². The van der Waals surface area contributed by atoms with Gasteiger partial charge in [0.05, 0.1) is 12.0 Å². The lowest BCUT2D eigenvalue weighted by atomic mass is 9.77. The normalized spacial score (nSPS) is 25.8. The molecule has 1 aromatic heterocycles. The molecular weight excluding hydrogens is 226 g/mol. The summed E-state index contributed by atoms with van der Waals surface area (Å²) < 4.78 is 5.40. The Morgan fingerprint density at radius 3 is 3.06 bits per heavy atom. The highest BCUT2D eigenvalue weighted by molar-refractivity contribution is 5.43. The van der Waals surface area contributed by atoms with Gasteiger partial charge in [0.25, 0.3) is 0 Å². The fourth-order valence-electron chi connectivity index (χ4n) is 2.91. The number of fused-ring (bicyclic) bond motifs is 1. The maximum Gasteiger partial charge on any atom is 0.243 e. The lowest BCUT2D eigenvalue weighted by molar-refractivity contribution is 0.339. The van der Waals surface area contributed by atoms with Crippen LogP contribution in [0.2, 0.25) is 0 Å². The number of nitrogens with zero attached hydrogens (tertiary/aromatic N) is 2. The summed E-state index contributed by atoms with van der Waals surface area (Å²) in [6, 6.07) is 8.75. The molecule has 1 fully saturated rings. The third-order valence-electron chi connectivity index (χ3n) is 3.98. The number of hydrogen-bond acceptors (Lipinski definition) is 4. The molecule has 0 saturated carbocycles. The van der Waals surface area contributed by atoms with Gasteiger partial charge in [-0.25, -0.2) is 0 Å². The number of rotatable bonds is 2. The molecule has 1 aromatic carbocycles. The lowest BCUT2D eigenvalue weighted by Crippen LogP contribution is -2.19. The van der Waals surface area contributed by atoms with E-state index in [1.54, 1.807) is 0 Å². The first-order valence-corrected chi connectivity index (χ1v) is 6.56. The van der Waals surface area contributed by atoms with E-state index in [-0.39, 0.29) is 6.04 Å². The Morgan fingerprint density at radius 2 is 2.22 bits per heavy atom. The Bertz CT molecular complexity index is 572. The van der Waals surface area contributed by atoms with Crippen molar-refractivity contribution >= 4 is 0 Å². The summed E-state index contributed by atoms with van der Waals surface area (Å²) in [6.45, 7) is 1.05. The van der Waals surface area contributed by atoms with Gasteiger partial charge in [-0.15, -0.1) is 0 Å². The van der Waals surface area contributed by atoms with E-state index in [0.717, 1.165) is 31.1 Å². The van der Waals surface area contributed by atoms with E-state index in [9.17, 15) is 0 Å². The molecule has 0 spiro atoms. The third kappa shape index (κ3) is 1.49. The Labute approximate surface area is 105 Å². The SMILES string of the molecule is c1ccc2c(c1)CC2c1noc([C@@H]2CCCN2)n1. The van der Waals surface area contributed by atoms with Crippen LogP contribution in [-0.4, -0.2) is 16.7 Å². The maximum atomic E-state index is 5.40. The number of nitrogens with one attached hydrogen (secondary N) is 1. The molecule has 2 heterocycles. The van der Waals surface area contributed by atoms with Crippen molar-refractivity contribution in [1.29, 1.82) is 0 Å². The van der Waals surface area contributed by atoms with Gasteiger partial charge in [-0.3, -0.25) is 0 Å².